The number of nitrogens with one attached hydrogen (secondary N) is 1. The van der Waals surface area contributed by atoms with Crippen LogP contribution in [0, 0.1) is 0 Å². The van der Waals surface area contributed by atoms with Crippen LogP contribution in [0.2, 0.25) is 0 Å². The van der Waals surface area contributed by atoms with Crippen LogP contribution in [0.15, 0.2) is 59.6 Å². The van der Waals surface area contributed by atoms with Crippen molar-refractivity contribution in [2.75, 3.05) is 6.54 Å². The third kappa shape index (κ3) is 3.53. The number of carbonyl (C=O) groups excluding carboxylic acids is 2. The minimum Gasteiger partial charge on any atom is -0.461 e. The summed E-state index contributed by atoms with van der Waals surface area (Å²) in [4.78, 5) is 31.5. The van der Waals surface area contributed by atoms with Gasteiger partial charge in [-0.15, -0.1) is 0 Å². The van der Waals surface area contributed by atoms with Gasteiger partial charge in [0, 0.05) is 24.5 Å². The summed E-state index contributed by atoms with van der Waals surface area (Å²) in [6.45, 7) is 1.86. The van der Waals surface area contributed by atoms with Crippen molar-refractivity contribution in [3.8, 4) is 0 Å². The molecule has 2 aromatic rings. The molecule has 1 amide bonds. The van der Waals surface area contributed by atoms with Gasteiger partial charge in [0.15, 0.2) is 0 Å². The third-order valence-corrected chi connectivity index (χ3v) is 5.28. The van der Waals surface area contributed by atoms with Crippen molar-refractivity contribution in [2.24, 2.45) is 4.99 Å². The molecule has 2 aliphatic rings. The fourth-order valence-corrected chi connectivity index (χ4v) is 3.98. The van der Waals surface area contributed by atoms with E-state index in [1.165, 1.54) is 6.92 Å². The lowest BCUT2D eigenvalue weighted by molar-refractivity contribution is -0.145. The number of hydrogen-bond donors (Lipinski definition) is 1. The molecular formula is C21H19N3O3S. The van der Waals surface area contributed by atoms with Gasteiger partial charge in [0.2, 0.25) is 0 Å². The van der Waals surface area contributed by atoms with Crippen molar-refractivity contribution in [2.45, 2.75) is 25.5 Å². The van der Waals surface area contributed by atoms with E-state index in [4.69, 9.17) is 21.9 Å². The van der Waals surface area contributed by atoms with Gasteiger partial charge in [-0.25, -0.2) is 4.99 Å². The number of fused-ring (bicyclic) bond motifs is 2. The van der Waals surface area contributed by atoms with Crippen molar-refractivity contribution >= 4 is 40.6 Å². The van der Waals surface area contributed by atoms with Gasteiger partial charge in [-0.3, -0.25) is 9.59 Å². The summed E-state index contributed by atoms with van der Waals surface area (Å²) in [6.07, 6.45) is 0.214. The number of esters is 1. The smallest absolute Gasteiger partial charge is 0.302 e. The SMILES string of the molecule is CC(=O)O[C@@H]1C[C@H]2C(NC(=O)c3ccccc3)=Nc3ccccc3C(=S)N2C1. The number of hydrogen-bond acceptors (Lipinski definition) is 5. The molecule has 0 spiro atoms. The summed E-state index contributed by atoms with van der Waals surface area (Å²) < 4.78 is 5.41. The van der Waals surface area contributed by atoms with E-state index in [2.05, 4.69) is 5.32 Å². The number of benzene rings is 2. The number of ether oxygens (including phenoxy) is 1. The Kier molecular flexibility index (Phi) is 4.92. The first-order chi connectivity index (χ1) is 13.5. The highest BCUT2D eigenvalue weighted by Crippen LogP contribution is 2.32. The number of rotatable bonds is 2. The molecule has 0 unspecified atom stereocenters. The van der Waals surface area contributed by atoms with Crippen molar-refractivity contribution in [3.05, 3.63) is 65.7 Å². The van der Waals surface area contributed by atoms with Gasteiger partial charge in [-0.1, -0.05) is 42.5 Å². The Balaban J connectivity index is 1.70. The zero-order valence-corrected chi connectivity index (χ0v) is 16.1. The summed E-state index contributed by atoms with van der Waals surface area (Å²) in [5.41, 5.74) is 2.09. The Morgan fingerprint density at radius 3 is 2.61 bits per heavy atom. The van der Waals surface area contributed by atoms with E-state index >= 15 is 0 Å². The molecule has 2 atom stereocenters. The second-order valence-electron chi connectivity index (χ2n) is 6.77. The van der Waals surface area contributed by atoms with E-state index in [1.54, 1.807) is 12.1 Å². The van der Waals surface area contributed by atoms with Crippen molar-refractivity contribution in [3.63, 3.8) is 0 Å². The van der Waals surface area contributed by atoms with Gasteiger partial charge in [-0.05, 0) is 24.3 Å². The Bertz CT molecular complexity index is 974. The molecule has 0 aliphatic carbocycles. The van der Waals surface area contributed by atoms with Crippen molar-refractivity contribution in [1.29, 1.82) is 0 Å². The van der Waals surface area contributed by atoms with E-state index in [9.17, 15) is 9.59 Å². The zero-order valence-electron chi connectivity index (χ0n) is 15.3. The molecule has 2 heterocycles. The van der Waals surface area contributed by atoms with Gasteiger partial charge >= 0.3 is 5.97 Å². The first-order valence-electron chi connectivity index (χ1n) is 9.05. The minimum absolute atomic E-state index is 0.236. The second-order valence-corrected chi connectivity index (χ2v) is 7.16. The van der Waals surface area contributed by atoms with Crippen LogP contribution in [0.3, 0.4) is 0 Å². The highest BCUT2D eigenvalue weighted by Gasteiger charge is 2.41. The largest absolute Gasteiger partial charge is 0.461 e. The number of carbonyl (C=O) groups is 2. The van der Waals surface area contributed by atoms with Crippen molar-refractivity contribution in [1.82, 2.24) is 10.2 Å². The van der Waals surface area contributed by atoms with Crippen LogP contribution in [0.4, 0.5) is 5.69 Å². The highest BCUT2D eigenvalue weighted by atomic mass is 32.1. The fourth-order valence-electron chi connectivity index (χ4n) is 3.60. The molecule has 1 fully saturated rings. The standard InChI is InChI=1S/C21H19N3O3S/c1-13(25)27-15-11-18-19(23-20(26)14-7-3-2-4-8-14)22-17-10-6-5-9-16(17)21(28)24(18)12-15/h2-10,15,18H,11-12H2,1H3,(H,22,23,26)/t15-,18+/m1/s1. The first-order valence-corrected chi connectivity index (χ1v) is 9.46. The molecule has 2 aliphatic heterocycles. The predicted molar refractivity (Wildman–Crippen MR) is 110 cm³/mol. The molecule has 6 nitrogen and oxygen atoms in total. The minimum atomic E-state index is -0.333. The molecule has 0 radical (unpaired) electrons. The highest BCUT2D eigenvalue weighted by molar-refractivity contribution is 7.80. The number of amidine groups is 1. The number of para-hydroxylation sites is 1. The van der Waals surface area contributed by atoms with E-state index < -0.39 is 0 Å². The van der Waals surface area contributed by atoms with Crippen LogP contribution >= 0.6 is 12.2 Å². The van der Waals surface area contributed by atoms with Gasteiger partial charge in [0.25, 0.3) is 5.91 Å². The lowest BCUT2D eigenvalue weighted by atomic mass is 10.1. The maximum absolute atomic E-state index is 12.7. The van der Waals surface area contributed by atoms with Crippen LogP contribution in [-0.2, 0) is 9.53 Å². The molecule has 0 saturated carbocycles. The van der Waals surface area contributed by atoms with Crippen LogP contribution in [0.25, 0.3) is 0 Å². The summed E-state index contributed by atoms with van der Waals surface area (Å²) in [6, 6.07) is 16.3. The van der Waals surface area contributed by atoms with Gasteiger partial charge in [0.05, 0.1) is 18.3 Å². The topological polar surface area (TPSA) is 71.0 Å². The van der Waals surface area contributed by atoms with Gasteiger partial charge < -0.3 is 15.0 Å². The summed E-state index contributed by atoms with van der Waals surface area (Å²) >= 11 is 5.71. The monoisotopic (exact) mass is 393 g/mol. The zero-order chi connectivity index (χ0) is 19.7. The Morgan fingerprint density at radius 2 is 1.86 bits per heavy atom. The number of thiocarbonyl (C=S) groups is 1. The van der Waals surface area contributed by atoms with E-state index in [1.807, 2.05) is 47.4 Å². The molecule has 2 aromatic carbocycles. The summed E-state index contributed by atoms with van der Waals surface area (Å²) in [5.74, 6) is -0.0582. The third-order valence-electron chi connectivity index (χ3n) is 4.82. The number of nitrogens with zero attached hydrogens (tertiary/aromatic N) is 2. The molecule has 0 bridgehead atoms. The summed E-state index contributed by atoms with van der Waals surface area (Å²) in [5, 5.41) is 2.95. The number of amides is 1. The Morgan fingerprint density at radius 1 is 1.14 bits per heavy atom. The normalized spacial score (nSPS) is 20.5. The van der Waals surface area contributed by atoms with Gasteiger partial charge in [-0.2, -0.15) is 0 Å². The molecule has 0 aromatic heterocycles. The first kappa shape index (κ1) is 18.3. The van der Waals surface area contributed by atoms with Crippen molar-refractivity contribution < 1.29 is 14.3 Å². The summed E-state index contributed by atoms with van der Waals surface area (Å²) in [7, 11) is 0. The second kappa shape index (κ2) is 7.52. The molecule has 1 saturated heterocycles. The Labute approximate surface area is 168 Å². The maximum Gasteiger partial charge on any atom is 0.302 e. The average molecular weight is 393 g/mol. The van der Waals surface area contributed by atoms with Crippen LogP contribution in [-0.4, -0.2) is 46.3 Å². The van der Waals surface area contributed by atoms with E-state index in [-0.39, 0.29) is 24.0 Å². The van der Waals surface area contributed by atoms with Crippen LogP contribution in [0.5, 0.6) is 0 Å². The van der Waals surface area contributed by atoms with E-state index in [0.29, 0.717) is 35.0 Å². The van der Waals surface area contributed by atoms with Gasteiger partial charge in [0.1, 0.15) is 16.9 Å². The quantitative estimate of drug-likeness (QED) is 0.628. The van der Waals surface area contributed by atoms with Crippen LogP contribution < -0.4 is 5.32 Å². The predicted octanol–water partition coefficient (Wildman–Crippen LogP) is 2.84. The van der Waals surface area contributed by atoms with E-state index in [0.717, 1.165) is 5.56 Å². The fraction of sp³-hybridized carbons (Fsp3) is 0.238. The van der Waals surface area contributed by atoms with Crippen LogP contribution in [0.1, 0.15) is 29.3 Å². The molecule has 142 valence electrons. The molecule has 28 heavy (non-hydrogen) atoms. The lowest BCUT2D eigenvalue weighted by Crippen LogP contribution is -2.46. The molecular weight excluding hydrogens is 374 g/mol. The Hall–Kier alpha value is -3.06. The lowest BCUT2D eigenvalue weighted by Gasteiger charge is -2.25. The molecule has 1 N–H and O–H groups in total. The molecule has 4 rings (SSSR count). The maximum atomic E-state index is 12.7. The molecule has 7 heteroatoms. The number of aliphatic imine (C=N–C) groups is 1. The average Bonchev–Trinajstić information content (AvgIpc) is 3.07.